The van der Waals surface area contributed by atoms with Gasteiger partial charge in [-0.25, -0.2) is 13.1 Å². The molecule has 0 aromatic heterocycles. The third-order valence-electron chi connectivity index (χ3n) is 2.87. The summed E-state index contributed by atoms with van der Waals surface area (Å²) in [6, 6.07) is 7.41. The molecule has 114 valence electrons. The highest BCUT2D eigenvalue weighted by molar-refractivity contribution is 7.89. The van der Waals surface area contributed by atoms with Gasteiger partial charge in [-0.1, -0.05) is 25.1 Å². The zero-order valence-electron chi connectivity index (χ0n) is 12.1. The maximum atomic E-state index is 12.0. The molecule has 0 aliphatic rings. The molecule has 0 bridgehead atoms. The monoisotopic (exact) mass is 319 g/mol. The zero-order chi connectivity index (χ0) is 15.2. The number of benzene rings is 1. The first-order valence-electron chi connectivity index (χ1n) is 6.55. The van der Waals surface area contributed by atoms with Crippen LogP contribution in [0.4, 0.5) is 0 Å². The molecule has 0 fully saturated rings. The first-order chi connectivity index (χ1) is 9.38. The Morgan fingerprint density at radius 1 is 1.30 bits per heavy atom. The topological polar surface area (TPSA) is 55.4 Å². The molecule has 6 heteroatoms. The van der Waals surface area contributed by atoms with E-state index in [1.165, 1.54) is 0 Å². The van der Waals surface area contributed by atoms with Gasteiger partial charge in [-0.3, -0.25) is 0 Å². The number of ether oxygens (including phenoxy) is 1. The van der Waals surface area contributed by atoms with E-state index in [9.17, 15) is 8.42 Å². The lowest BCUT2D eigenvalue weighted by Crippen LogP contribution is -2.37. The molecule has 0 radical (unpaired) electrons. The molecule has 2 atom stereocenters. The van der Waals surface area contributed by atoms with E-state index in [-0.39, 0.29) is 17.7 Å². The van der Waals surface area contributed by atoms with E-state index in [0.29, 0.717) is 12.3 Å². The highest BCUT2D eigenvalue weighted by Crippen LogP contribution is 2.19. The summed E-state index contributed by atoms with van der Waals surface area (Å²) in [5.74, 6) is 1.09. The first kappa shape index (κ1) is 17.3. The van der Waals surface area contributed by atoms with E-state index in [1.807, 2.05) is 38.1 Å². The second kappa shape index (κ2) is 7.86. The van der Waals surface area contributed by atoms with Crippen LogP contribution in [0.5, 0.6) is 5.75 Å². The lowest BCUT2D eigenvalue weighted by atomic mass is 10.1. The highest BCUT2D eigenvalue weighted by Gasteiger charge is 2.18. The van der Waals surface area contributed by atoms with Crippen LogP contribution in [0.25, 0.3) is 0 Å². The van der Waals surface area contributed by atoms with Crippen molar-refractivity contribution in [3.63, 3.8) is 0 Å². The van der Waals surface area contributed by atoms with Gasteiger partial charge in [0.2, 0.25) is 10.0 Å². The highest BCUT2D eigenvalue weighted by atomic mass is 35.5. The molecule has 0 saturated heterocycles. The largest absolute Gasteiger partial charge is 0.496 e. The molecule has 20 heavy (non-hydrogen) atoms. The molecule has 1 rings (SSSR count). The van der Waals surface area contributed by atoms with Crippen molar-refractivity contribution in [2.24, 2.45) is 5.92 Å². The summed E-state index contributed by atoms with van der Waals surface area (Å²) < 4.78 is 31.9. The zero-order valence-corrected chi connectivity index (χ0v) is 13.7. The van der Waals surface area contributed by atoms with Crippen LogP contribution in [-0.4, -0.2) is 33.2 Å². The minimum Gasteiger partial charge on any atom is -0.496 e. The second-order valence-electron chi connectivity index (χ2n) is 5.08. The number of rotatable bonds is 8. The fourth-order valence-corrected chi connectivity index (χ4v) is 3.91. The summed E-state index contributed by atoms with van der Waals surface area (Å²) in [4.78, 5) is 0. The van der Waals surface area contributed by atoms with Crippen molar-refractivity contribution in [3.05, 3.63) is 29.8 Å². The van der Waals surface area contributed by atoms with Crippen LogP contribution in [0.15, 0.2) is 24.3 Å². The predicted molar refractivity (Wildman–Crippen MR) is 83.0 cm³/mol. The van der Waals surface area contributed by atoms with Crippen molar-refractivity contribution < 1.29 is 13.2 Å². The van der Waals surface area contributed by atoms with Crippen LogP contribution in [0, 0.1) is 5.92 Å². The molecule has 1 aromatic rings. The van der Waals surface area contributed by atoms with Crippen molar-refractivity contribution in [3.8, 4) is 5.75 Å². The van der Waals surface area contributed by atoms with Gasteiger partial charge in [0, 0.05) is 11.9 Å². The molecular weight excluding hydrogens is 298 g/mol. The Bertz CT molecular complexity index is 519. The van der Waals surface area contributed by atoms with Crippen LogP contribution >= 0.6 is 11.6 Å². The molecular formula is C14H22ClNO3S. The molecule has 0 heterocycles. The summed E-state index contributed by atoms with van der Waals surface area (Å²) in [6.45, 7) is 3.66. The molecule has 0 aliphatic heterocycles. The SMILES string of the molecule is COc1ccccc1CC(C)NS(=O)(=O)CC(C)CCl. The Labute approximate surface area is 126 Å². The lowest BCUT2D eigenvalue weighted by Gasteiger charge is -2.17. The van der Waals surface area contributed by atoms with Gasteiger partial charge in [-0.05, 0) is 30.9 Å². The molecule has 0 saturated carbocycles. The quantitative estimate of drug-likeness (QED) is 0.749. The van der Waals surface area contributed by atoms with Gasteiger partial charge in [-0.2, -0.15) is 0 Å². The normalized spacial score (nSPS) is 14.8. The van der Waals surface area contributed by atoms with E-state index in [2.05, 4.69) is 4.72 Å². The van der Waals surface area contributed by atoms with Gasteiger partial charge >= 0.3 is 0 Å². The third-order valence-corrected chi connectivity index (χ3v) is 5.16. The predicted octanol–water partition coefficient (Wildman–Crippen LogP) is 2.42. The summed E-state index contributed by atoms with van der Waals surface area (Å²) in [5.41, 5.74) is 0.982. The molecule has 1 N–H and O–H groups in total. The number of sulfonamides is 1. The van der Waals surface area contributed by atoms with Crippen molar-refractivity contribution >= 4 is 21.6 Å². The van der Waals surface area contributed by atoms with E-state index in [1.54, 1.807) is 7.11 Å². The van der Waals surface area contributed by atoms with E-state index >= 15 is 0 Å². The Balaban J connectivity index is 2.65. The van der Waals surface area contributed by atoms with Crippen LogP contribution in [0.2, 0.25) is 0 Å². The van der Waals surface area contributed by atoms with Crippen molar-refractivity contribution in [1.82, 2.24) is 4.72 Å². The van der Waals surface area contributed by atoms with Gasteiger partial charge in [0.1, 0.15) is 5.75 Å². The fraction of sp³-hybridized carbons (Fsp3) is 0.571. The molecule has 2 unspecified atom stereocenters. The van der Waals surface area contributed by atoms with Gasteiger partial charge in [-0.15, -0.1) is 11.6 Å². The third kappa shape index (κ3) is 5.69. The number of nitrogens with one attached hydrogen (secondary N) is 1. The Morgan fingerprint density at radius 3 is 2.55 bits per heavy atom. The van der Waals surface area contributed by atoms with Crippen molar-refractivity contribution in [2.75, 3.05) is 18.7 Å². The van der Waals surface area contributed by atoms with Gasteiger partial charge in [0.15, 0.2) is 0 Å². The summed E-state index contributed by atoms with van der Waals surface area (Å²) in [5, 5.41) is 0. The second-order valence-corrected chi connectivity index (χ2v) is 7.18. The summed E-state index contributed by atoms with van der Waals surface area (Å²) in [7, 11) is -1.70. The number of alkyl halides is 1. The van der Waals surface area contributed by atoms with Gasteiger partial charge in [0.05, 0.1) is 12.9 Å². The van der Waals surface area contributed by atoms with Crippen molar-refractivity contribution in [2.45, 2.75) is 26.3 Å². The number of hydrogen-bond donors (Lipinski definition) is 1. The molecule has 0 spiro atoms. The number of methoxy groups -OCH3 is 1. The average molecular weight is 320 g/mol. The molecule has 0 aliphatic carbocycles. The molecule has 1 aromatic carbocycles. The van der Waals surface area contributed by atoms with Gasteiger partial charge < -0.3 is 4.74 Å². The van der Waals surface area contributed by atoms with Crippen molar-refractivity contribution in [1.29, 1.82) is 0 Å². The van der Waals surface area contributed by atoms with E-state index in [4.69, 9.17) is 16.3 Å². The maximum Gasteiger partial charge on any atom is 0.212 e. The number of para-hydroxylation sites is 1. The average Bonchev–Trinajstić information content (AvgIpc) is 2.37. The van der Waals surface area contributed by atoms with Crippen LogP contribution in [-0.2, 0) is 16.4 Å². The Kier molecular flexibility index (Phi) is 6.79. The smallest absolute Gasteiger partial charge is 0.212 e. The van der Waals surface area contributed by atoms with E-state index < -0.39 is 10.0 Å². The van der Waals surface area contributed by atoms with Crippen LogP contribution < -0.4 is 9.46 Å². The van der Waals surface area contributed by atoms with Crippen LogP contribution in [0.3, 0.4) is 0 Å². The first-order valence-corrected chi connectivity index (χ1v) is 8.74. The number of halogens is 1. The lowest BCUT2D eigenvalue weighted by molar-refractivity contribution is 0.407. The summed E-state index contributed by atoms with van der Waals surface area (Å²) >= 11 is 5.66. The Hall–Kier alpha value is -0.780. The Morgan fingerprint density at radius 2 is 1.95 bits per heavy atom. The minimum absolute atomic E-state index is 0.0484. The standard InChI is InChI=1S/C14H22ClNO3S/c1-11(9-15)10-20(17,18)16-12(2)8-13-6-4-5-7-14(13)19-3/h4-7,11-12,16H,8-10H2,1-3H3. The fourth-order valence-electron chi connectivity index (χ4n) is 2.02. The maximum absolute atomic E-state index is 12.0. The van der Waals surface area contributed by atoms with E-state index in [0.717, 1.165) is 11.3 Å². The van der Waals surface area contributed by atoms with Gasteiger partial charge in [0.25, 0.3) is 0 Å². The summed E-state index contributed by atoms with van der Waals surface area (Å²) in [6.07, 6.45) is 0.582. The van der Waals surface area contributed by atoms with Crippen LogP contribution in [0.1, 0.15) is 19.4 Å². The molecule has 0 amide bonds. The number of hydrogen-bond acceptors (Lipinski definition) is 3. The molecule has 4 nitrogen and oxygen atoms in total. The minimum atomic E-state index is -3.31.